The van der Waals surface area contributed by atoms with Crippen LogP contribution in [-0.2, 0) is 16.8 Å². The summed E-state index contributed by atoms with van der Waals surface area (Å²) in [7, 11) is 0. The van der Waals surface area contributed by atoms with E-state index >= 15 is 0 Å². The van der Waals surface area contributed by atoms with Crippen LogP contribution in [-0.4, -0.2) is 0 Å². The van der Waals surface area contributed by atoms with Gasteiger partial charge in [0.05, 0.1) is 0 Å². The van der Waals surface area contributed by atoms with Crippen LogP contribution in [0, 0.1) is 11.8 Å². The maximum absolute atomic E-state index is 6.25. The van der Waals surface area contributed by atoms with Crippen molar-refractivity contribution >= 4 is 0 Å². The molecule has 4 heavy (non-hydrogen) atoms. The molecule has 0 aliphatic rings. The Kier molecular flexibility index (Phi) is 181. The number of rotatable bonds is 0. The predicted octanol–water partition coefficient (Wildman–Crippen LogP) is -2.90. The fourth-order valence-corrected chi connectivity index (χ4v) is 0. The van der Waals surface area contributed by atoms with Gasteiger partial charge in [-0.1, -0.05) is 0 Å². The molecule has 0 aromatic heterocycles. The van der Waals surface area contributed by atoms with Gasteiger partial charge >= 0.3 is 29.6 Å². The molecule has 0 aromatic carbocycles. The second kappa shape index (κ2) is 36.1. The van der Waals surface area contributed by atoms with Crippen LogP contribution in [0.4, 0.5) is 0 Å². The summed E-state index contributed by atoms with van der Waals surface area (Å²) in [6.07, 6.45) is 0. The predicted molar refractivity (Wildman–Crippen MR) is 4.97 cm³/mol. The molecule has 1 nitrogen and oxygen atoms in total. The zero-order chi connectivity index (χ0) is 2.00. The molecule has 0 aliphatic heterocycles. The van der Waals surface area contributed by atoms with Crippen molar-refractivity contribution in [2.45, 2.75) is 0 Å². The molecule has 1 radical (unpaired) electrons. The van der Waals surface area contributed by atoms with Gasteiger partial charge in [0.25, 0.3) is 0 Å². The third kappa shape index (κ3) is 12.0. The summed E-state index contributed by atoms with van der Waals surface area (Å²) < 4.78 is 0. The van der Waals surface area contributed by atoms with E-state index in [1.165, 1.54) is 0 Å². The monoisotopic (exact) mass is 108 g/mol. The topological polar surface area (TPSA) is 23.8 Å². The molecular weight excluding hydrogens is 108 g/mol. The average Bonchev–Trinajstić information content (AvgIpc) is 1.00. The van der Waals surface area contributed by atoms with Gasteiger partial charge in [-0.25, -0.2) is 0 Å². The van der Waals surface area contributed by atoms with Crippen molar-refractivity contribution in [1.82, 2.24) is 0 Å². The minimum atomic E-state index is 0. The minimum Gasteiger partial charge on any atom is -0.512 e. The van der Waals surface area contributed by atoms with Crippen molar-refractivity contribution in [2.75, 3.05) is 0 Å². The standard InChI is InChI=1S/CN.Co.Na/c1-2;;/q-1;;+1. The van der Waals surface area contributed by atoms with E-state index in [2.05, 4.69) is 0 Å². The first-order chi connectivity index (χ1) is 1.00. The summed E-state index contributed by atoms with van der Waals surface area (Å²) >= 11 is 0. The molecule has 0 rings (SSSR count). The van der Waals surface area contributed by atoms with Crippen LogP contribution in [0.25, 0.3) is 0 Å². The van der Waals surface area contributed by atoms with Crippen LogP contribution >= 0.6 is 0 Å². The molecular formula is CCoNNa. The summed E-state index contributed by atoms with van der Waals surface area (Å²) in [5.41, 5.74) is 0. The van der Waals surface area contributed by atoms with E-state index in [4.69, 9.17) is 11.8 Å². The first kappa shape index (κ1) is 20.0. The average molecular weight is 108 g/mol. The second-order valence-corrected chi connectivity index (χ2v) is 0. The summed E-state index contributed by atoms with van der Waals surface area (Å²) in [4.78, 5) is 0. The van der Waals surface area contributed by atoms with Crippen LogP contribution in [0.3, 0.4) is 0 Å². The summed E-state index contributed by atoms with van der Waals surface area (Å²) in [5.74, 6) is 0. The van der Waals surface area contributed by atoms with Crippen molar-refractivity contribution in [3.63, 3.8) is 0 Å². The fourth-order valence-electron chi connectivity index (χ4n) is 0. The van der Waals surface area contributed by atoms with Gasteiger partial charge in [-0.2, -0.15) is 0 Å². The molecule has 19 valence electrons. The first-order valence-corrected chi connectivity index (χ1v) is 0.224. The van der Waals surface area contributed by atoms with Crippen molar-refractivity contribution in [3.05, 3.63) is 6.57 Å². The van der Waals surface area contributed by atoms with Gasteiger partial charge < -0.3 is 11.8 Å². The zero-order valence-electron chi connectivity index (χ0n) is 2.28. The largest absolute Gasteiger partial charge is 1.00 e. The molecule has 0 aromatic rings. The van der Waals surface area contributed by atoms with Crippen LogP contribution in [0.5, 0.6) is 0 Å². The number of hydrogen-bond donors (Lipinski definition) is 0. The summed E-state index contributed by atoms with van der Waals surface area (Å²) in [6, 6.07) is 0. The summed E-state index contributed by atoms with van der Waals surface area (Å²) in [6.45, 7) is 4.75. The normalized spacial score (nSPS) is 0.500. The van der Waals surface area contributed by atoms with Gasteiger partial charge in [0.1, 0.15) is 0 Å². The minimum absolute atomic E-state index is 0. The van der Waals surface area contributed by atoms with Gasteiger partial charge in [0.15, 0.2) is 0 Å². The Bertz CT molecular complexity index is 12.8. The van der Waals surface area contributed by atoms with E-state index in [1.807, 2.05) is 0 Å². The molecule has 0 bridgehead atoms. The Morgan fingerprint density at radius 3 is 1.25 bits per heavy atom. The van der Waals surface area contributed by atoms with E-state index in [1.54, 1.807) is 0 Å². The molecule has 0 saturated heterocycles. The molecule has 0 aliphatic carbocycles. The van der Waals surface area contributed by atoms with Gasteiger partial charge in [-0.15, -0.1) is 0 Å². The van der Waals surface area contributed by atoms with Gasteiger partial charge in [0.2, 0.25) is 0 Å². The third-order valence-electron chi connectivity index (χ3n) is 0. The van der Waals surface area contributed by atoms with Crippen molar-refractivity contribution in [3.8, 4) is 0 Å². The Morgan fingerprint density at radius 2 is 1.25 bits per heavy atom. The Labute approximate surface area is 57.9 Å². The van der Waals surface area contributed by atoms with Crippen molar-refractivity contribution in [2.24, 2.45) is 0 Å². The van der Waals surface area contributed by atoms with Crippen LogP contribution < -0.4 is 29.6 Å². The molecule has 0 fully saturated rings. The fraction of sp³-hybridized carbons (Fsp3) is 0. The van der Waals surface area contributed by atoms with Crippen LogP contribution in [0.1, 0.15) is 0 Å². The number of nitrogens with zero attached hydrogens (tertiary/aromatic N) is 1. The molecule has 0 atom stereocenters. The molecule has 0 heterocycles. The Morgan fingerprint density at radius 1 is 1.25 bits per heavy atom. The Balaban J connectivity index is -0.00000000500. The second-order valence-electron chi connectivity index (χ2n) is 0. The van der Waals surface area contributed by atoms with Gasteiger partial charge in [-0.05, 0) is 0 Å². The van der Waals surface area contributed by atoms with Gasteiger partial charge in [-0.3, -0.25) is 0 Å². The Hall–Kier alpha value is 0.996. The zero-order valence-corrected chi connectivity index (χ0v) is 5.32. The molecule has 0 N–H and O–H groups in total. The van der Waals surface area contributed by atoms with E-state index in [0.717, 1.165) is 0 Å². The molecule has 0 spiro atoms. The molecule has 0 saturated carbocycles. The van der Waals surface area contributed by atoms with Gasteiger partial charge in [0, 0.05) is 16.8 Å². The van der Waals surface area contributed by atoms with E-state index in [9.17, 15) is 0 Å². The first-order valence-electron chi connectivity index (χ1n) is 0.224. The maximum Gasteiger partial charge on any atom is 1.00 e. The van der Waals surface area contributed by atoms with E-state index in [0.29, 0.717) is 0 Å². The molecule has 0 unspecified atom stereocenters. The molecule has 3 heteroatoms. The van der Waals surface area contributed by atoms with E-state index in [-0.39, 0.29) is 46.3 Å². The van der Waals surface area contributed by atoms with E-state index < -0.39 is 0 Å². The van der Waals surface area contributed by atoms with Crippen molar-refractivity contribution < 1.29 is 46.3 Å². The SMILES string of the molecule is [C-]#N.[Co].[Na+]. The molecule has 0 amide bonds. The third-order valence-corrected chi connectivity index (χ3v) is 0. The maximum atomic E-state index is 6.25. The number of hydrogen-bond acceptors (Lipinski definition) is 1. The summed E-state index contributed by atoms with van der Waals surface area (Å²) in [5, 5.41) is 6.25. The van der Waals surface area contributed by atoms with Crippen LogP contribution in [0.2, 0.25) is 0 Å². The smallest absolute Gasteiger partial charge is 0.512 e. The van der Waals surface area contributed by atoms with Crippen LogP contribution in [0.15, 0.2) is 0 Å². The van der Waals surface area contributed by atoms with Crippen molar-refractivity contribution in [1.29, 1.82) is 5.26 Å². The quantitative estimate of drug-likeness (QED) is 0.241.